The Morgan fingerprint density at radius 2 is 0.848 bits per heavy atom. The molecule has 5 heteroatoms. The van der Waals surface area contributed by atoms with Crippen LogP contribution in [0.1, 0.15) is 0 Å². The van der Waals surface area contributed by atoms with Gasteiger partial charge in [-0.3, -0.25) is 4.89 Å². The van der Waals surface area contributed by atoms with Crippen molar-refractivity contribution in [3.05, 3.63) is 109 Å². The highest BCUT2D eigenvalue weighted by Gasteiger charge is 2.27. The Bertz CT molecular complexity index is 1600. The van der Waals surface area contributed by atoms with Gasteiger partial charge >= 0.3 is 7.82 Å². The SMILES string of the molecule is O=P(O)(Oc1cccc2cc3ccccc3cc12)Oc1cccc2cc3ccccc3cc12. The zero-order chi connectivity index (χ0) is 22.4. The molecule has 6 aromatic carbocycles. The second-order valence-electron chi connectivity index (χ2n) is 8.00. The van der Waals surface area contributed by atoms with Gasteiger partial charge in [-0.15, -0.1) is 0 Å². The van der Waals surface area contributed by atoms with E-state index in [1.807, 2.05) is 84.9 Å². The summed E-state index contributed by atoms with van der Waals surface area (Å²) < 4.78 is 24.3. The van der Waals surface area contributed by atoms with Crippen molar-refractivity contribution in [3.63, 3.8) is 0 Å². The molecule has 1 N–H and O–H groups in total. The molecule has 160 valence electrons. The summed E-state index contributed by atoms with van der Waals surface area (Å²) >= 11 is 0. The zero-order valence-electron chi connectivity index (χ0n) is 17.5. The van der Waals surface area contributed by atoms with Gasteiger partial charge < -0.3 is 9.05 Å². The molecule has 0 saturated heterocycles. The van der Waals surface area contributed by atoms with Crippen molar-refractivity contribution in [2.45, 2.75) is 0 Å². The fraction of sp³-hybridized carbons (Fsp3) is 0. The van der Waals surface area contributed by atoms with Gasteiger partial charge in [-0.1, -0.05) is 72.8 Å². The van der Waals surface area contributed by atoms with Gasteiger partial charge in [0.15, 0.2) is 0 Å². The molecule has 0 atom stereocenters. The van der Waals surface area contributed by atoms with Crippen LogP contribution in [0.2, 0.25) is 0 Å². The van der Waals surface area contributed by atoms with E-state index >= 15 is 0 Å². The number of phosphoric acid groups is 1. The molecule has 0 radical (unpaired) electrons. The Kier molecular flexibility index (Phi) is 4.58. The first-order valence-corrected chi connectivity index (χ1v) is 12.1. The molecular weight excluding hydrogens is 431 g/mol. The van der Waals surface area contributed by atoms with Crippen LogP contribution in [0.5, 0.6) is 11.5 Å². The molecule has 0 spiro atoms. The third-order valence-corrected chi connectivity index (χ3v) is 6.70. The average Bonchev–Trinajstić information content (AvgIpc) is 2.82. The average molecular weight is 450 g/mol. The summed E-state index contributed by atoms with van der Waals surface area (Å²) in [6.45, 7) is 0. The largest absolute Gasteiger partial charge is 0.584 e. The van der Waals surface area contributed by atoms with Crippen molar-refractivity contribution in [2.75, 3.05) is 0 Å². The Balaban J connectivity index is 1.40. The van der Waals surface area contributed by atoms with E-state index in [1.165, 1.54) is 0 Å². The summed E-state index contributed by atoms with van der Waals surface area (Å²) in [6, 6.07) is 34.8. The molecule has 0 aliphatic carbocycles. The van der Waals surface area contributed by atoms with Crippen LogP contribution < -0.4 is 9.05 Å². The van der Waals surface area contributed by atoms with Crippen molar-refractivity contribution in [1.82, 2.24) is 0 Å². The molecule has 0 saturated carbocycles. The molecule has 0 fully saturated rings. The highest BCUT2D eigenvalue weighted by Crippen LogP contribution is 2.48. The molecule has 0 heterocycles. The maximum Gasteiger partial charge on any atom is 0.584 e. The van der Waals surface area contributed by atoms with Crippen LogP contribution in [-0.2, 0) is 4.57 Å². The number of rotatable bonds is 4. The lowest BCUT2D eigenvalue weighted by atomic mass is 10.0. The van der Waals surface area contributed by atoms with E-state index in [1.54, 1.807) is 24.3 Å². The first kappa shape index (κ1) is 19.8. The molecule has 33 heavy (non-hydrogen) atoms. The molecule has 6 aromatic rings. The first-order valence-electron chi connectivity index (χ1n) is 10.6. The molecule has 0 aliphatic heterocycles. The predicted molar refractivity (Wildman–Crippen MR) is 134 cm³/mol. The van der Waals surface area contributed by atoms with Gasteiger partial charge in [0.25, 0.3) is 0 Å². The van der Waals surface area contributed by atoms with Gasteiger partial charge in [0.1, 0.15) is 11.5 Å². The van der Waals surface area contributed by atoms with Gasteiger partial charge in [-0.25, -0.2) is 4.57 Å². The second kappa shape index (κ2) is 7.63. The first-order chi connectivity index (χ1) is 16.1. The lowest BCUT2D eigenvalue weighted by Crippen LogP contribution is -2.00. The van der Waals surface area contributed by atoms with Crippen molar-refractivity contribution in [1.29, 1.82) is 0 Å². The van der Waals surface area contributed by atoms with Gasteiger partial charge in [0.2, 0.25) is 0 Å². The lowest BCUT2D eigenvalue weighted by molar-refractivity contribution is 0.293. The van der Waals surface area contributed by atoms with Crippen LogP contribution in [0, 0.1) is 0 Å². The summed E-state index contributed by atoms with van der Waals surface area (Å²) in [6.07, 6.45) is 0. The lowest BCUT2D eigenvalue weighted by Gasteiger charge is -2.17. The van der Waals surface area contributed by atoms with Crippen LogP contribution in [0.25, 0.3) is 43.1 Å². The van der Waals surface area contributed by atoms with Crippen LogP contribution in [0.15, 0.2) is 109 Å². The number of phosphoric ester groups is 1. The maximum absolute atomic E-state index is 13.1. The molecule has 6 rings (SSSR count). The molecular formula is C28H19O4P. The molecule has 0 amide bonds. The fourth-order valence-electron chi connectivity index (χ4n) is 4.30. The Morgan fingerprint density at radius 1 is 0.485 bits per heavy atom. The summed E-state index contributed by atoms with van der Waals surface area (Å²) in [5.74, 6) is 0.601. The number of hydrogen-bond donors (Lipinski definition) is 1. The minimum absolute atomic E-state index is 0.301. The molecule has 4 nitrogen and oxygen atoms in total. The van der Waals surface area contributed by atoms with Crippen LogP contribution in [0.4, 0.5) is 0 Å². The summed E-state index contributed by atoms with van der Waals surface area (Å²) in [4.78, 5) is 10.7. The molecule has 0 aromatic heterocycles. The van der Waals surface area contributed by atoms with E-state index in [2.05, 4.69) is 0 Å². The summed E-state index contributed by atoms with van der Waals surface area (Å²) in [7, 11) is -4.47. The molecule has 0 unspecified atom stereocenters. The van der Waals surface area contributed by atoms with Crippen LogP contribution in [-0.4, -0.2) is 4.89 Å². The maximum atomic E-state index is 13.1. The second-order valence-corrected chi connectivity index (χ2v) is 9.31. The molecule has 0 aliphatic rings. The van der Waals surface area contributed by atoms with Crippen molar-refractivity contribution < 1.29 is 18.5 Å². The van der Waals surface area contributed by atoms with Crippen molar-refractivity contribution in [2.24, 2.45) is 0 Å². The monoisotopic (exact) mass is 450 g/mol. The Morgan fingerprint density at radius 3 is 1.27 bits per heavy atom. The smallest absolute Gasteiger partial charge is 0.395 e. The van der Waals surface area contributed by atoms with E-state index in [-0.39, 0.29) is 0 Å². The van der Waals surface area contributed by atoms with Gasteiger partial charge in [0.05, 0.1) is 0 Å². The van der Waals surface area contributed by atoms with Crippen molar-refractivity contribution in [3.8, 4) is 11.5 Å². The number of fused-ring (bicyclic) bond motifs is 4. The minimum Gasteiger partial charge on any atom is -0.395 e. The third kappa shape index (κ3) is 3.70. The van der Waals surface area contributed by atoms with E-state index in [9.17, 15) is 9.46 Å². The van der Waals surface area contributed by atoms with E-state index in [0.29, 0.717) is 11.5 Å². The minimum atomic E-state index is -4.47. The quantitative estimate of drug-likeness (QED) is 0.219. The molecule has 0 bridgehead atoms. The van der Waals surface area contributed by atoms with Crippen LogP contribution in [0.3, 0.4) is 0 Å². The highest BCUT2D eigenvalue weighted by atomic mass is 31.2. The summed E-state index contributed by atoms with van der Waals surface area (Å²) in [5.41, 5.74) is 0. The third-order valence-electron chi connectivity index (χ3n) is 5.84. The van der Waals surface area contributed by atoms with E-state index < -0.39 is 7.82 Å². The fourth-order valence-corrected chi connectivity index (χ4v) is 5.16. The summed E-state index contributed by atoms with van der Waals surface area (Å²) in [5, 5.41) is 7.56. The predicted octanol–water partition coefficient (Wildman–Crippen LogP) is 7.86. The van der Waals surface area contributed by atoms with E-state index in [0.717, 1.165) is 43.1 Å². The van der Waals surface area contributed by atoms with Crippen molar-refractivity contribution >= 4 is 50.9 Å². The normalized spacial score (nSPS) is 11.9. The highest BCUT2D eigenvalue weighted by molar-refractivity contribution is 7.48. The number of hydrogen-bond acceptors (Lipinski definition) is 3. The standard InChI is InChI=1S/C28H19O4P/c29-33(30,31-27-13-5-11-23-15-19-7-1-3-9-21(19)17-25(23)27)32-28-14-6-12-24-16-20-8-2-4-10-22(20)18-26(24)28/h1-18H,(H,29,30). The van der Waals surface area contributed by atoms with Gasteiger partial charge in [-0.05, 0) is 68.7 Å². The number of benzene rings is 6. The van der Waals surface area contributed by atoms with E-state index in [4.69, 9.17) is 9.05 Å². The Labute approximate surface area is 190 Å². The topological polar surface area (TPSA) is 55.8 Å². The van der Waals surface area contributed by atoms with Gasteiger partial charge in [-0.2, -0.15) is 0 Å². The van der Waals surface area contributed by atoms with Gasteiger partial charge in [0, 0.05) is 10.8 Å². The Hall–Kier alpha value is -3.85. The van der Waals surface area contributed by atoms with Crippen LogP contribution >= 0.6 is 7.82 Å². The zero-order valence-corrected chi connectivity index (χ0v) is 18.4.